The van der Waals surface area contributed by atoms with Crippen LogP contribution in [0.5, 0.6) is 5.75 Å². The molecule has 1 aromatic rings. The Bertz CT molecular complexity index is 260. The maximum Gasteiger partial charge on any atom is 0.124 e. The van der Waals surface area contributed by atoms with Gasteiger partial charge in [-0.2, -0.15) is 0 Å². The van der Waals surface area contributed by atoms with E-state index in [2.05, 4.69) is 13.8 Å². The highest BCUT2D eigenvalue weighted by molar-refractivity contribution is 5.33. The zero-order valence-corrected chi connectivity index (χ0v) is 10.3. The van der Waals surface area contributed by atoms with Crippen LogP contribution in [0.15, 0.2) is 24.3 Å². The first-order valence-corrected chi connectivity index (χ1v) is 5.72. The van der Waals surface area contributed by atoms with Gasteiger partial charge in [0.1, 0.15) is 5.75 Å². The Kier molecular flexibility index (Phi) is 7.74. The molecule has 2 N–H and O–H groups in total. The lowest BCUT2D eigenvalue weighted by atomic mass is 10.2. The van der Waals surface area contributed by atoms with Gasteiger partial charge in [0.25, 0.3) is 0 Å². The van der Waals surface area contributed by atoms with Crippen LogP contribution in [0, 0.1) is 0 Å². The van der Waals surface area contributed by atoms with Gasteiger partial charge in [0, 0.05) is 12.1 Å². The molecule has 0 bridgehead atoms. The van der Waals surface area contributed by atoms with E-state index in [0.717, 1.165) is 17.7 Å². The maximum absolute atomic E-state index is 5.71. The SMILES string of the molecule is CC.CCC(C)Oc1ccccc1CN. The van der Waals surface area contributed by atoms with Crippen molar-refractivity contribution in [1.82, 2.24) is 0 Å². The molecule has 15 heavy (non-hydrogen) atoms. The molecule has 1 rings (SSSR count). The van der Waals surface area contributed by atoms with E-state index in [0.29, 0.717) is 6.54 Å². The van der Waals surface area contributed by atoms with Crippen LogP contribution in [0.25, 0.3) is 0 Å². The van der Waals surface area contributed by atoms with E-state index in [-0.39, 0.29) is 6.10 Å². The van der Waals surface area contributed by atoms with Crippen LogP contribution in [-0.4, -0.2) is 6.10 Å². The molecule has 0 amide bonds. The Hall–Kier alpha value is -1.02. The monoisotopic (exact) mass is 209 g/mol. The average molecular weight is 209 g/mol. The third-order valence-electron chi connectivity index (χ3n) is 2.10. The summed E-state index contributed by atoms with van der Waals surface area (Å²) >= 11 is 0. The molecular weight excluding hydrogens is 186 g/mol. The lowest BCUT2D eigenvalue weighted by Gasteiger charge is -2.15. The van der Waals surface area contributed by atoms with Crippen molar-refractivity contribution < 1.29 is 4.74 Å². The van der Waals surface area contributed by atoms with Crippen LogP contribution in [0.4, 0.5) is 0 Å². The molecule has 0 heterocycles. The average Bonchev–Trinajstić information content (AvgIpc) is 2.32. The minimum atomic E-state index is 0.257. The molecule has 2 nitrogen and oxygen atoms in total. The lowest BCUT2D eigenvalue weighted by Crippen LogP contribution is -2.12. The molecule has 0 aliphatic carbocycles. The Morgan fingerprint density at radius 3 is 2.40 bits per heavy atom. The zero-order valence-electron chi connectivity index (χ0n) is 10.3. The van der Waals surface area contributed by atoms with Gasteiger partial charge >= 0.3 is 0 Å². The van der Waals surface area contributed by atoms with Gasteiger partial charge in [-0.15, -0.1) is 0 Å². The normalized spacial score (nSPS) is 11.3. The number of rotatable bonds is 4. The van der Waals surface area contributed by atoms with E-state index in [1.165, 1.54) is 0 Å². The Labute approximate surface area is 93.4 Å². The molecule has 0 saturated heterocycles. The molecule has 86 valence electrons. The summed E-state index contributed by atoms with van der Waals surface area (Å²) in [4.78, 5) is 0. The summed E-state index contributed by atoms with van der Waals surface area (Å²) in [6.45, 7) is 8.70. The van der Waals surface area contributed by atoms with Gasteiger partial charge in [-0.1, -0.05) is 39.0 Å². The van der Waals surface area contributed by atoms with E-state index in [9.17, 15) is 0 Å². The van der Waals surface area contributed by atoms with Gasteiger partial charge in [0.15, 0.2) is 0 Å². The molecular formula is C13H23NO. The van der Waals surface area contributed by atoms with E-state index in [1.54, 1.807) is 0 Å². The van der Waals surface area contributed by atoms with Gasteiger partial charge in [-0.25, -0.2) is 0 Å². The van der Waals surface area contributed by atoms with E-state index < -0.39 is 0 Å². The Balaban J connectivity index is 0.000000921. The van der Waals surface area contributed by atoms with Crippen LogP contribution in [0.2, 0.25) is 0 Å². The summed E-state index contributed by atoms with van der Waals surface area (Å²) in [6.07, 6.45) is 1.27. The molecule has 0 radical (unpaired) electrons. The molecule has 0 spiro atoms. The minimum absolute atomic E-state index is 0.257. The van der Waals surface area contributed by atoms with Crippen molar-refractivity contribution in [2.75, 3.05) is 0 Å². The number of benzene rings is 1. The summed E-state index contributed by atoms with van der Waals surface area (Å²) in [5.74, 6) is 0.916. The molecule has 1 unspecified atom stereocenters. The minimum Gasteiger partial charge on any atom is -0.490 e. The van der Waals surface area contributed by atoms with Gasteiger partial charge < -0.3 is 10.5 Å². The summed E-state index contributed by atoms with van der Waals surface area (Å²) < 4.78 is 5.71. The molecule has 0 aliphatic rings. The van der Waals surface area contributed by atoms with Gasteiger partial charge in [-0.05, 0) is 19.4 Å². The second-order valence-corrected chi connectivity index (χ2v) is 3.15. The predicted octanol–water partition coefficient (Wildman–Crippen LogP) is 3.35. The highest BCUT2D eigenvalue weighted by Crippen LogP contribution is 2.19. The highest BCUT2D eigenvalue weighted by atomic mass is 16.5. The van der Waals surface area contributed by atoms with Gasteiger partial charge in [-0.3, -0.25) is 0 Å². The third-order valence-corrected chi connectivity index (χ3v) is 2.10. The van der Waals surface area contributed by atoms with Crippen molar-refractivity contribution in [3.63, 3.8) is 0 Å². The van der Waals surface area contributed by atoms with Crippen LogP contribution in [0.3, 0.4) is 0 Å². The largest absolute Gasteiger partial charge is 0.490 e. The van der Waals surface area contributed by atoms with Crippen molar-refractivity contribution in [2.45, 2.75) is 46.8 Å². The molecule has 0 saturated carbocycles. The molecule has 0 fully saturated rings. The fourth-order valence-corrected chi connectivity index (χ4v) is 1.09. The first-order chi connectivity index (χ1) is 7.27. The van der Waals surface area contributed by atoms with Crippen molar-refractivity contribution in [2.24, 2.45) is 5.73 Å². The summed E-state index contributed by atoms with van der Waals surface area (Å²) in [7, 11) is 0. The zero-order chi connectivity index (χ0) is 11.7. The molecule has 2 heteroatoms. The standard InChI is InChI=1S/C11H17NO.C2H6/c1-3-9(2)13-11-7-5-4-6-10(11)8-12;1-2/h4-7,9H,3,8,12H2,1-2H3;1-2H3. The smallest absolute Gasteiger partial charge is 0.124 e. The third kappa shape index (κ3) is 4.84. The highest BCUT2D eigenvalue weighted by Gasteiger charge is 2.04. The number of hydrogen-bond acceptors (Lipinski definition) is 2. The van der Waals surface area contributed by atoms with Crippen LogP contribution in [-0.2, 0) is 6.54 Å². The van der Waals surface area contributed by atoms with Crippen molar-refractivity contribution in [3.05, 3.63) is 29.8 Å². The van der Waals surface area contributed by atoms with Crippen molar-refractivity contribution in [1.29, 1.82) is 0 Å². The van der Waals surface area contributed by atoms with Crippen LogP contribution in [0.1, 0.15) is 39.7 Å². The predicted molar refractivity (Wildman–Crippen MR) is 66.1 cm³/mol. The second kappa shape index (κ2) is 8.30. The first-order valence-electron chi connectivity index (χ1n) is 5.72. The summed E-state index contributed by atoms with van der Waals surface area (Å²) in [6, 6.07) is 7.91. The number of nitrogens with two attached hydrogens (primary N) is 1. The van der Waals surface area contributed by atoms with Gasteiger partial charge in [0.2, 0.25) is 0 Å². The van der Waals surface area contributed by atoms with E-state index in [1.807, 2.05) is 38.1 Å². The maximum atomic E-state index is 5.71. The van der Waals surface area contributed by atoms with Crippen LogP contribution >= 0.6 is 0 Å². The van der Waals surface area contributed by atoms with Gasteiger partial charge in [0.05, 0.1) is 6.10 Å². The Morgan fingerprint density at radius 1 is 1.27 bits per heavy atom. The molecule has 1 atom stereocenters. The van der Waals surface area contributed by atoms with Crippen molar-refractivity contribution >= 4 is 0 Å². The fraction of sp³-hybridized carbons (Fsp3) is 0.538. The number of hydrogen-bond donors (Lipinski definition) is 1. The molecule has 0 aliphatic heterocycles. The fourth-order valence-electron chi connectivity index (χ4n) is 1.09. The molecule has 1 aromatic carbocycles. The number of para-hydroxylation sites is 1. The van der Waals surface area contributed by atoms with Crippen LogP contribution < -0.4 is 10.5 Å². The lowest BCUT2D eigenvalue weighted by molar-refractivity contribution is 0.215. The summed E-state index contributed by atoms with van der Waals surface area (Å²) in [5, 5.41) is 0. The second-order valence-electron chi connectivity index (χ2n) is 3.15. The molecule has 0 aromatic heterocycles. The Morgan fingerprint density at radius 2 is 1.87 bits per heavy atom. The van der Waals surface area contributed by atoms with E-state index >= 15 is 0 Å². The number of ether oxygens (including phenoxy) is 1. The van der Waals surface area contributed by atoms with E-state index in [4.69, 9.17) is 10.5 Å². The first kappa shape index (κ1) is 14.0. The van der Waals surface area contributed by atoms with Crippen molar-refractivity contribution in [3.8, 4) is 5.75 Å². The quantitative estimate of drug-likeness (QED) is 0.825. The summed E-state index contributed by atoms with van der Waals surface area (Å²) in [5.41, 5.74) is 6.66. The topological polar surface area (TPSA) is 35.2 Å².